The third kappa shape index (κ3) is 3.58. The zero-order valence-electron chi connectivity index (χ0n) is 13.0. The Morgan fingerprint density at radius 3 is 2.43 bits per heavy atom. The summed E-state index contributed by atoms with van der Waals surface area (Å²) in [6.45, 7) is 1.56. The van der Waals surface area contributed by atoms with Crippen molar-refractivity contribution in [3.63, 3.8) is 0 Å². The van der Waals surface area contributed by atoms with Crippen LogP contribution in [0.3, 0.4) is 0 Å². The molecule has 0 aliphatic heterocycles. The van der Waals surface area contributed by atoms with Crippen LogP contribution in [0, 0.1) is 0 Å². The molecule has 0 atom stereocenters. The lowest BCUT2D eigenvalue weighted by Crippen LogP contribution is -2.48. The van der Waals surface area contributed by atoms with Gasteiger partial charge in [-0.1, -0.05) is 43.0 Å². The summed E-state index contributed by atoms with van der Waals surface area (Å²) in [5.41, 5.74) is 0.763. The number of benzene rings is 1. The first-order valence-electron chi connectivity index (χ1n) is 7.76. The normalized spacial score (nSPS) is 17.5. The largest absolute Gasteiger partial charge is 0.344 e. The molecule has 0 aromatic heterocycles. The SMILES string of the molecule is CNCCN(C)C(=O)C1(c2ccc(Cl)cc2)CCCCC1. The van der Waals surface area contributed by atoms with Crippen molar-refractivity contribution in [2.75, 3.05) is 27.2 Å². The van der Waals surface area contributed by atoms with Crippen LogP contribution in [0.2, 0.25) is 5.02 Å². The molecule has 0 spiro atoms. The number of rotatable bonds is 5. The van der Waals surface area contributed by atoms with Crippen molar-refractivity contribution >= 4 is 17.5 Å². The van der Waals surface area contributed by atoms with Crippen LogP contribution in [0.25, 0.3) is 0 Å². The Balaban J connectivity index is 2.28. The highest BCUT2D eigenvalue weighted by atomic mass is 35.5. The smallest absolute Gasteiger partial charge is 0.233 e. The molecule has 21 heavy (non-hydrogen) atoms. The van der Waals surface area contributed by atoms with Gasteiger partial charge in [0.05, 0.1) is 5.41 Å². The second-order valence-electron chi connectivity index (χ2n) is 5.98. The lowest BCUT2D eigenvalue weighted by molar-refractivity contribution is -0.137. The molecule has 1 fully saturated rings. The zero-order chi connectivity index (χ0) is 15.3. The van der Waals surface area contributed by atoms with Crippen molar-refractivity contribution in [2.24, 2.45) is 0 Å². The molecular formula is C17H25ClN2O. The Morgan fingerprint density at radius 2 is 1.86 bits per heavy atom. The number of amides is 1. The molecule has 1 aliphatic rings. The van der Waals surface area contributed by atoms with Gasteiger partial charge in [-0.05, 0) is 37.6 Å². The van der Waals surface area contributed by atoms with E-state index in [9.17, 15) is 4.79 Å². The van der Waals surface area contributed by atoms with Gasteiger partial charge in [0, 0.05) is 25.2 Å². The van der Waals surface area contributed by atoms with E-state index < -0.39 is 0 Å². The maximum atomic E-state index is 13.1. The van der Waals surface area contributed by atoms with Gasteiger partial charge in [0.1, 0.15) is 0 Å². The fourth-order valence-electron chi connectivity index (χ4n) is 3.30. The van der Waals surface area contributed by atoms with Gasteiger partial charge in [-0.3, -0.25) is 4.79 Å². The van der Waals surface area contributed by atoms with Crippen molar-refractivity contribution in [3.8, 4) is 0 Å². The van der Waals surface area contributed by atoms with Gasteiger partial charge in [0.25, 0.3) is 0 Å². The summed E-state index contributed by atoms with van der Waals surface area (Å²) >= 11 is 6.00. The summed E-state index contributed by atoms with van der Waals surface area (Å²) in [6, 6.07) is 7.84. The number of hydrogen-bond acceptors (Lipinski definition) is 2. The van der Waals surface area contributed by atoms with E-state index in [0.29, 0.717) is 0 Å². The van der Waals surface area contributed by atoms with E-state index in [-0.39, 0.29) is 11.3 Å². The molecular weight excluding hydrogens is 284 g/mol. The van der Waals surface area contributed by atoms with Crippen LogP contribution in [0.1, 0.15) is 37.7 Å². The Bertz CT molecular complexity index is 466. The summed E-state index contributed by atoms with van der Waals surface area (Å²) < 4.78 is 0. The average Bonchev–Trinajstić information content (AvgIpc) is 2.53. The van der Waals surface area contributed by atoms with Gasteiger partial charge >= 0.3 is 0 Å². The van der Waals surface area contributed by atoms with Gasteiger partial charge in [0.2, 0.25) is 5.91 Å². The van der Waals surface area contributed by atoms with Crippen LogP contribution in [-0.4, -0.2) is 38.0 Å². The summed E-state index contributed by atoms with van der Waals surface area (Å²) in [5.74, 6) is 0.250. The molecule has 2 rings (SSSR count). The van der Waals surface area contributed by atoms with Crippen molar-refractivity contribution in [3.05, 3.63) is 34.9 Å². The van der Waals surface area contributed by atoms with Crippen molar-refractivity contribution in [2.45, 2.75) is 37.5 Å². The minimum absolute atomic E-state index is 0.250. The Morgan fingerprint density at radius 1 is 1.24 bits per heavy atom. The molecule has 116 valence electrons. The zero-order valence-corrected chi connectivity index (χ0v) is 13.7. The predicted octanol–water partition coefficient (Wildman–Crippen LogP) is 3.22. The van der Waals surface area contributed by atoms with Gasteiger partial charge < -0.3 is 10.2 Å². The molecule has 0 unspecified atom stereocenters. The molecule has 1 N–H and O–H groups in total. The number of likely N-dealkylation sites (N-methyl/N-ethyl adjacent to an activating group) is 2. The number of nitrogens with one attached hydrogen (secondary N) is 1. The van der Waals surface area contributed by atoms with E-state index in [1.165, 1.54) is 6.42 Å². The lowest BCUT2D eigenvalue weighted by Gasteiger charge is -2.39. The molecule has 1 aromatic carbocycles. The van der Waals surface area contributed by atoms with E-state index in [0.717, 1.165) is 49.4 Å². The van der Waals surface area contributed by atoms with Gasteiger partial charge in [-0.2, -0.15) is 0 Å². The molecule has 0 saturated heterocycles. The predicted molar refractivity (Wildman–Crippen MR) is 87.8 cm³/mol. The van der Waals surface area contributed by atoms with Crippen LogP contribution < -0.4 is 5.32 Å². The summed E-state index contributed by atoms with van der Waals surface area (Å²) in [6.07, 6.45) is 5.35. The number of nitrogens with zero attached hydrogens (tertiary/aromatic N) is 1. The Kier molecular flexibility index (Phi) is 5.65. The first kappa shape index (κ1) is 16.3. The summed E-state index contributed by atoms with van der Waals surface area (Å²) in [4.78, 5) is 14.9. The van der Waals surface area contributed by atoms with E-state index in [2.05, 4.69) is 5.32 Å². The topological polar surface area (TPSA) is 32.3 Å². The maximum Gasteiger partial charge on any atom is 0.233 e. The number of hydrogen-bond donors (Lipinski definition) is 1. The van der Waals surface area contributed by atoms with Crippen LogP contribution in [0.5, 0.6) is 0 Å². The van der Waals surface area contributed by atoms with Gasteiger partial charge in [-0.15, -0.1) is 0 Å². The van der Waals surface area contributed by atoms with E-state index >= 15 is 0 Å². The van der Waals surface area contributed by atoms with E-state index in [1.807, 2.05) is 43.3 Å². The third-order valence-corrected chi connectivity index (χ3v) is 4.81. The van der Waals surface area contributed by atoms with Crippen LogP contribution in [0.15, 0.2) is 24.3 Å². The number of carbonyl (C=O) groups excluding carboxylic acids is 1. The number of halogens is 1. The standard InChI is InChI=1S/C17H25ClN2O/c1-19-12-13-20(2)16(21)17(10-4-3-5-11-17)14-6-8-15(18)9-7-14/h6-9,19H,3-5,10-13H2,1-2H3. The van der Waals surface area contributed by atoms with Gasteiger partial charge in [0.15, 0.2) is 0 Å². The third-order valence-electron chi connectivity index (χ3n) is 4.56. The molecule has 0 heterocycles. The molecule has 0 radical (unpaired) electrons. The van der Waals surface area contributed by atoms with Crippen molar-refractivity contribution in [1.29, 1.82) is 0 Å². The molecule has 4 heteroatoms. The first-order chi connectivity index (χ1) is 10.1. The Hall–Kier alpha value is -1.06. The fraction of sp³-hybridized carbons (Fsp3) is 0.588. The average molecular weight is 309 g/mol. The second-order valence-corrected chi connectivity index (χ2v) is 6.42. The maximum absolute atomic E-state index is 13.1. The molecule has 1 aromatic rings. The summed E-state index contributed by atoms with van der Waals surface area (Å²) in [7, 11) is 3.82. The van der Waals surface area contributed by atoms with Crippen LogP contribution in [0.4, 0.5) is 0 Å². The number of carbonyl (C=O) groups is 1. The highest BCUT2D eigenvalue weighted by molar-refractivity contribution is 6.30. The molecule has 3 nitrogen and oxygen atoms in total. The van der Waals surface area contributed by atoms with E-state index in [1.54, 1.807) is 0 Å². The minimum Gasteiger partial charge on any atom is -0.344 e. The van der Waals surface area contributed by atoms with Crippen LogP contribution >= 0.6 is 11.6 Å². The van der Waals surface area contributed by atoms with E-state index in [4.69, 9.17) is 11.6 Å². The monoisotopic (exact) mass is 308 g/mol. The molecule has 1 amide bonds. The lowest BCUT2D eigenvalue weighted by atomic mass is 9.68. The first-order valence-corrected chi connectivity index (χ1v) is 8.14. The van der Waals surface area contributed by atoms with Crippen LogP contribution in [-0.2, 0) is 10.2 Å². The fourth-order valence-corrected chi connectivity index (χ4v) is 3.42. The second kappa shape index (κ2) is 7.28. The highest BCUT2D eigenvalue weighted by Crippen LogP contribution is 2.41. The van der Waals surface area contributed by atoms with Crippen molar-refractivity contribution in [1.82, 2.24) is 10.2 Å². The minimum atomic E-state index is -0.356. The Labute approximate surface area is 132 Å². The molecule has 1 aliphatic carbocycles. The van der Waals surface area contributed by atoms with Crippen molar-refractivity contribution < 1.29 is 4.79 Å². The quantitative estimate of drug-likeness (QED) is 0.906. The van der Waals surface area contributed by atoms with Gasteiger partial charge in [-0.25, -0.2) is 0 Å². The summed E-state index contributed by atoms with van der Waals surface area (Å²) in [5, 5.41) is 3.83. The highest BCUT2D eigenvalue weighted by Gasteiger charge is 2.42. The molecule has 1 saturated carbocycles. The molecule has 0 bridgehead atoms.